The van der Waals surface area contributed by atoms with Gasteiger partial charge in [0.25, 0.3) is 0 Å². The van der Waals surface area contributed by atoms with Gasteiger partial charge in [0, 0.05) is 36.5 Å². The second kappa shape index (κ2) is 6.14. The highest BCUT2D eigenvalue weighted by molar-refractivity contribution is 5.55. The van der Waals surface area contributed by atoms with Crippen LogP contribution in [-0.4, -0.2) is 18.2 Å². The molecule has 3 rings (SSSR count). The Labute approximate surface area is 123 Å². The summed E-state index contributed by atoms with van der Waals surface area (Å²) in [6.07, 6.45) is 2.51. The van der Waals surface area contributed by atoms with E-state index in [1.54, 1.807) is 6.20 Å². The van der Waals surface area contributed by atoms with Gasteiger partial charge in [-0.3, -0.25) is 0 Å². The normalized spacial score (nSPS) is 13.1. The molecule has 1 aliphatic rings. The third kappa shape index (κ3) is 3.06. The molecule has 0 saturated carbocycles. The van der Waals surface area contributed by atoms with Crippen molar-refractivity contribution in [2.24, 2.45) is 0 Å². The molecule has 1 aliphatic heterocycles. The Morgan fingerprint density at radius 1 is 1.19 bits per heavy atom. The highest BCUT2D eigenvalue weighted by Gasteiger charge is 2.10. The molecule has 0 aliphatic carbocycles. The van der Waals surface area contributed by atoms with E-state index in [0.717, 1.165) is 29.2 Å². The zero-order valence-corrected chi connectivity index (χ0v) is 11.5. The Morgan fingerprint density at radius 3 is 2.90 bits per heavy atom. The molecular weight excluding hydrogens is 266 g/mol. The summed E-state index contributed by atoms with van der Waals surface area (Å²) in [5.74, 6) is 1.53. The van der Waals surface area contributed by atoms with E-state index in [2.05, 4.69) is 16.4 Å². The fraction of sp³-hybridized carbons (Fsp3) is 0.250. The van der Waals surface area contributed by atoms with Crippen LogP contribution in [0.5, 0.6) is 11.5 Å². The minimum absolute atomic E-state index is 0.444. The maximum absolute atomic E-state index is 9.03. The summed E-state index contributed by atoms with van der Waals surface area (Å²) in [5, 5.41) is 12.3. The molecule has 106 valence electrons. The molecule has 1 aromatic carbocycles. The van der Waals surface area contributed by atoms with E-state index in [1.807, 2.05) is 30.3 Å². The summed E-state index contributed by atoms with van der Waals surface area (Å²) >= 11 is 0. The van der Waals surface area contributed by atoms with Crippen LogP contribution >= 0.6 is 0 Å². The number of anilines is 1. The van der Waals surface area contributed by atoms with Gasteiger partial charge in [-0.15, -0.1) is 0 Å². The van der Waals surface area contributed by atoms with Gasteiger partial charge >= 0.3 is 0 Å². The molecule has 0 saturated heterocycles. The first-order valence-electron chi connectivity index (χ1n) is 6.84. The molecule has 0 amide bonds. The lowest BCUT2D eigenvalue weighted by atomic mass is 10.2. The molecule has 0 bridgehead atoms. The van der Waals surface area contributed by atoms with E-state index in [-0.39, 0.29) is 0 Å². The van der Waals surface area contributed by atoms with Gasteiger partial charge in [0.05, 0.1) is 13.2 Å². The average molecular weight is 281 g/mol. The SMILES string of the molecule is N#Cc1ncccc1CNc1ccc2c(c1)OCCCO2. The first-order chi connectivity index (χ1) is 10.4. The fourth-order valence-corrected chi connectivity index (χ4v) is 2.15. The predicted molar refractivity (Wildman–Crippen MR) is 78.3 cm³/mol. The highest BCUT2D eigenvalue weighted by Crippen LogP contribution is 2.32. The van der Waals surface area contributed by atoms with E-state index in [1.165, 1.54) is 0 Å². The first-order valence-corrected chi connectivity index (χ1v) is 6.84. The minimum atomic E-state index is 0.444. The third-order valence-electron chi connectivity index (χ3n) is 3.23. The van der Waals surface area contributed by atoms with Gasteiger partial charge in [0.2, 0.25) is 0 Å². The molecule has 5 nitrogen and oxygen atoms in total. The fourth-order valence-electron chi connectivity index (χ4n) is 2.15. The van der Waals surface area contributed by atoms with Crippen molar-refractivity contribution in [3.05, 3.63) is 47.8 Å². The summed E-state index contributed by atoms with van der Waals surface area (Å²) in [4.78, 5) is 4.05. The number of aromatic nitrogens is 1. The second-order valence-corrected chi connectivity index (χ2v) is 4.69. The van der Waals surface area contributed by atoms with Gasteiger partial charge in [-0.25, -0.2) is 4.98 Å². The molecule has 0 radical (unpaired) electrons. The molecule has 5 heteroatoms. The Balaban J connectivity index is 1.74. The molecule has 1 aromatic heterocycles. The van der Waals surface area contributed by atoms with Crippen LogP contribution in [0.25, 0.3) is 0 Å². The Hall–Kier alpha value is -2.74. The van der Waals surface area contributed by atoms with E-state index in [9.17, 15) is 0 Å². The number of nitriles is 1. The van der Waals surface area contributed by atoms with Gasteiger partial charge < -0.3 is 14.8 Å². The summed E-state index contributed by atoms with van der Waals surface area (Å²) in [6, 6.07) is 11.6. The van der Waals surface area contributed by atoms with Gasteiger partial charge in [0.1, 0.15) is 11.8 Å². The lowest BCUT2D eigenvalue weighted by Gasteiger charge is -2.11. The number of hydrogen-bond donors (Lipinski definition) is 1. The molecule has 2 heterocycles. The number of fused-ring (bicyclic) bond motifs is 1. The number of pyridine rings is 1. The molecule has 21 heavy (non-hydrogen) atoms. The van der Waals surface area contributed by atoms with E-state index < -0.39 is 0 Å². The lowest BCUT2D eigenvalue weighted by Crippen LogP contribution is -2.03. The number of nitrogens with one attached hydrogen (secondary N) is 1. The predicted octanol–water partition coefficient (Wildman–Crippen LogP) is 2.73. The summed E-state index contributed by atoms with van der Waals surface area (Å²) in [6.45, 7) is 1.88. The van der Waals surface area contributed by atoms with Crippen LogP contribution in [-0.2, 0) is 6.54 Å². The van der Waals surface area contributed by atoms with Crippen molar-refractivity contribution < 1.29 is 9.47 Å². The summed E-state index contributed by atoms with van der Waals surface area (Å²) < 4.78 is 11.3. The monoisotopic (exact) mass is 281 g/mol. The molecular formula is C16H15N3O2. The molecule has 1 N–H and O–H groups in total. The van der Waals surface area contributed by atoms with Crippen molar-refractivity contribution in [1.29, 1.82) is 5.26 Å². The standard InChI is InChI=1S/C16H15N3O2/c17-10-14-12(3-1-6-18-14)11-19-13-4-5-15-16(9-13)21-8-2-7-20-15/h1,3-6,9,19H,2,7-8,11H2. The zero-order valence-electron chi connectivity index (χ0n) is 11.5. The Bertz CT molecular complexity index is 679. The van der Waals surface area contributed by atoms with Crippen LogP contribution in [0.4, 0.5) is 5.69 Å². The van der Waals surface area contributed by atoms with Gasteiger partial charge in [-0.1, -0.05) is 6.07 Å². The van der Waals surface area contributed by atoms with E-state index >= 15 is 0 Å². The van der Waals surface area contributed by atoms with Crippen molar-refractivity contribution >= 4 is 5.69 Å². The summed E-state index contributed by atoms with van der Waals surface area (Å²) in [5.41, 5.74) is 2.23. The topological polar surface area (TPSA) is 67.2 Å². The maximum atomic E-state index is 9.03. The molecule has 0 spiro atoms. The number of benzene rings is 1. The minimum Gasteiger partial charge on any atom is -0.490 e. The van der Waals surface area contributed by atoms with Crippen molar-refractivity contribution in [1.82, 2.24) is 4.98 Å². The molecule has 0 unspecified atom stereocenters. The Kier molecular flexibility index (Phi) is 3.88. The van der Waals surface area contributed by atoms with Crippen LogP contribution < -0.4 is 14.8 Å². The zero-order chi connectivity index (χ0) is 14.5. The van der Waals surface area contributed by atoms with E-state index in [4.69, 9.17) is 14.7 Å². The van der Waals surface area contributed by atoms with Gasteiger partial charge in [-0.05, 0) is 18.2 Å². The van der Waals surface area contributed by atoms with Crippen LogP contribution in [0.1, 0.15) is 17.7 Å². The van der Waals surface area contributed by atoms with Gasteiger partial charge in [0.15, 0.2) is 11.5 Å². The van der Waals surface area contributed by atoms with E-state index in [0.29, 0.717) is 25.5 Å². The smallest absolute Gasteiger partial charge is 0.163 e. The molecule has 0 atom stereocenters. The van der Waals surface area contributed by atoms with Crippen molar-refractivity contribution in [2.45, 2.75) is 13.0 Å². The van der Waals surface area contributed by atoms with Crippen LogP contribution in [0.15, 0.2) is 36.5 Å². The number of nitrogens with zero attached hydrogens (tertiary/aromatic N) is 2. The quantitative estimate of drug-likeness (QED) is 0.937. The lowest BCUT2D eigenvalue weighted by molar-refractivity contribution is 0.297. The number of rotatable bonds is 3. The summed E-state index contributed by atoms with van der Waals surface area (Å²) in [7, 11) is 0. The number of hydrogen-bond acceptors (Lipinski definition) is 5. The number of ether oxygens (including phenoxy) is 2. The third-order valence-corrected chi connectivity index (χ3v) is 3.23. The van der Waals surface area contributed by atoms with Crippen LogP contribution in [0, 0.1) is 11.3 Å². The van der Waals surface area contributed by atoms with Crippen molar-refractivity contribution in [3.63, 3.8) is 0 Å². The average Bonchev–Trinajstić information content (AvgIpc) is 2.78. The maximum Gasteiger partial charge on any atom is 0.163 e. The first kappa shape index (κ1) is 13.3. The molecule has 2 aromatic rings. The molecule has 0 fully saturated rings. The highest BCUT2D eigenvalue weighted by atomic mass is 16.5. The van der Waals surface area contributed by atoms with Crippen molar-refractivity contribution in [3.8, 4) is 17.6 Å². The second-order valence-electron chi connectivity index (χ2n) is 4.69. The Morgan fingerprint density at radius 2 is 2.05 bits per heavy atom. The van der Waals surface area contributed by atoms with Crippen LogP contribution in [0.2, 0.25) is 0 Å². The largest absolute Gasteiger partial charge is 0.490 e. The van der Waals surface area contributed by atoms with Crippen LogP contribution in [0.3, 0.4) is 0 Å². The van der Waals surface area contributed by atoms with Crippen molar-refractivity contribution in [2.75, 3.05) is 18.5 Å². The van der Waals surface area contributed by atoms with Gasteiger partial charge in [-0.2, -0.15) is 5.26 Å².